The van der Waals surface area contributed by atoms with Crippen LogP contribution in [0.15, 0.2) is 4.99 Å². The van der Waals surface area contributed by atoms with Gasteiger partial charge in [0.05, 0.1) is 6.61 Å². The lowest BCUT2D eigenvalue weighted by atomic mass is 10.1. The lowest BCUT2D eigenvalue weighted by Crippen LogP contribution is -2.50. The van der Waals surface area contributed by atoms with E-state index < -0.39 is 0 Å². The van der Waals surface area contributed by atoms with Crippen LogP contribution in [-0.2, 0) is 9.47 Å². The highest BCUT2D eigenvalue weighted by atomic mass is 16.6. The molecular weight excluding hydrogens is 272 g/mol. The highest BCUT2D eigenvalue weighted by Crippen LogP contribution is 2.11. The SMILES string of the molecule is CCOC(=O)N1CCC(NC(=NC)NCCCOC)CC1. The van der Waals surface area contributed by atoms with Crippen molar-refractivity contribution in [2.75, 3.05) is 47.0 Å². The molecule has 0 atom stereocenters. The first-order valence-corrected chi connectivity index (χ1v) is 7.59. The minimum absolute atomic E-state index is 0.210. The van der Waals surface area contributed by atoms with Gasteiger partial charge in [-0.2, -0.15) is 0 Å². The number of carbonyl (C=O) groups excluding carboxylic acids is 1. The molecule has 0 radical (unpaired) electrons. The predicted octanol–water partition coefficient (Wildman–Crippen LogP) is 0.809. The predicted molar refractivity (Wildman–Crippen MR) is 82.6 cm³/mol. The van der Waals surface area contributed by atoms with Crippen LogP contribution in [0.2, 0.25) is 0 Å². The highest BCUT2D eigenvalue weighted by molar-refractivity contribution is 5.80. The fourth-order valence-electron chi connectivity index (χ4n) is 2.23. The van der Waals surface area contributed by atoms with Crippen molar-refractivity contribution < 1.29 is 14.3 Å². The van der Waals surface area contributed by atoms with E-state index in [1.165, 1.54) is 0 Å². The number of guanidine groups is 1. The molecular formula is C14H28N4O3. The molecule has 1 amide bonds. The van der Waals surface area contributed by atoms with Crippen LogP contribution in [0.5, 0.6) is 0 Å². The second-order valence-corrected chi connectivity index (χ2v) is 4.95. The zero-order valence-corrected chi connectivity index (χ0v) is 13.4. The van der Waals surface area contributed by atoms with Crippen molar-refractivity contribution in [1.29, 1.82) is 0 Å². The lowest BCUT2D eigenvalue weighted by molar-refractivity contribution is 0.0963. The number of amides is 1. The molecule has 2 N–H and O–H groups in total. The quantitative estimate of drug-likeness (QED) is 0.431. The van der Waals surface area contributed by atoms with Gasteiger partial charge in [-0.1, -0.05) is 0 Å². The van der Waals surface area contributed by atoms with Crippen LogP contribution in [0.25, 0.3) is 0 Å². The summed E-state index contributed by atoms with van der Waals surface area (Å²) in [4.78, 5) is 17.6. The van der Waals surface area contributed by atoms with E-state index in [0.29, 0.717) is 12.6 Å². The van der Waals surface area contributed by atoms with Crippen LogP contribution in [0.3, 0.4) is 0 Å². The molecule has 1 heterocycles. The van der Waals surface area contributed by atoms with E-state index >= 15 is 0 Å². The van der Waals surface area contributed by atoms with Crippen LogP contribution in [0.1, 0.15) is 26.2 Å². The van der Waals surface area contributed by atoms with Crippen molar-refractivity contribution in [2.45, 2.75) is 32.2 Å². The first kappa shape index (κ1) is 17.6. The molecule has 1 fully saturated rings. The van der Waals surface area contributed by atoms with E-state index in [1.807, 2.05) is 6.92 Å². The Morgan fingerprint density at radius 2 is 2.10 bits per heavy atom. The van der Waals surface area contributed by atoms with Crippen molar-refractivity contribution in [3.05, 3.63) is 0 Å². The third-order valence-electron chi connectivity index (χ3n) is 3.40. The number of methoxy groups -OCH3 is 1. The van der Waals surface area contributed by atoms with Crippen molar-refractivity contribution in [2.24, 2.45) is 4.99 Å². The summed E-state index contributed by atoms with van der Waals surface area (Å²) in [5, 5.41) is 6.65. The van der Waals surface area contributed by atoms with Gasteiger partial charge in [0.1, 0.15) is 0 Å². The van der Waals surface area contributed by atoms with Gasteiger partial charge >= 0.3 is 6.09 Å². The Labute approximate surface area is 127 Å². The van der Waals surface area contributed by atoms with Crippen molar-refractivity contribution in [3.8, 4) is 0 Å². The van der Waals surface area contributed by atoms with Crippen LogP contribution < -0.4 is 10.6 Å². The summed E-state index contributed by atoms with van der Waals surface area (Å²) in [5.41, 5.74) is 0. The Kier molecular flexibility index (Phi) is 8.57. The van der Waals surface area contributed by atoms with Gasteiger partial charge in [-0.3, -0.25) is 4.99 Å². The Morgan fingerprint density at radius 3 is 2.67 bits per heavy atom. The summed E-state index contributed by atoms with van der Waals surface area (Å²) < 4.78 is 10.0. The van der Waals surface area contributed by atoms with E-state index in [0.717, 1.165) is 51.5 Å². The molecule has 1 rings (SSSR count). The minimum atomic E-state index is -0.210. The van der Waals surface area contributed by atoms with E-state index in [-0.39, 0.29) is 6.09 Å². The van der Waals surface area contributed by atoms with Gasteiger partial charge < -0.3 is 25.0 Å². The van der Waals surface area contributed by atoms with Crippen molar-refractivity contribution in [1.82, 2.24) is 15.5 Å². The Morgan fingerprint density at radius 1 is 1.38 bits per heavy atom. The monoisotopic (exact) mass is 300 g/mol. The molecule has 7 nitrogen and oxygen atoms in total. The summed E-state index contributed by atoms with van der Waals surface area (Å²) in [7, 11) is 3.46. The van der Waals surface area contributed by atoms with Crippen molar-refractivity contribution in [3.63, 3.8) is 0 Å². The summed E-state index contributed by atoms with van der Waals surface area (Å²) in [5.74, 6) is 0.806. The number of piperidine rings is 1. The molecule has 21 heavy (non-hydrogen) atoms. The lowest BCUT2D eigenvalue weighted by Gasteiger charge is -2.32. The number of likely N-dealkylation sites (tertiary alicyclic amines) is 1. The summed E-state index contributed by atoms with van der Waals surface area (Å²) >= 11 is 0. The zero-order chi connectivity index (χ0) is 15.5. The van der Waals surface area contributed by atoms with Gasteiger partial charge in [0, 0.05) is 46.4 Å². The number of hydrogen-bond donors (Lipinski definition) is 2. The Balaban J connectivity index is 2.25. The molecule has 0 saturated carbocycles. The topological polar surface area (TPSA) is 75.2 Å². The molecule has 0 aromatic heterocycles. The third kappa shape index (κ3) is 6.66. The summed E-state index contributed by atoms with van der Waals surface area (Å²) in [6.45, 7) is 5.26. The second kappa shape index (κ2) is 10.3. The Bertz CT molecular complexity index is 328. The largest absolute Gasteiger partial charge is 0.450 e. The van der Waals surface area contributed by atoms with Crippen LogP contribution in [0, 0.1) is 0 Å². The Hall–Kier alpha value is -1.50. The molecule has 0 aliphatic carbocycles. The van der Waals surface area contributed by atoms with E-state index in [9.17, 15) is 4.79 Å². The highest BCUT2D eigenvalue weighted by Gasteiger charge is 2.23. The maximum atomic E-state index is 11.6. The van der Waals surface area contributed by atoms with Crippen LogP contribution in [0.4, 0.5) is 4.79 Å². The first-order valence-electron chi connectivity index (χ1n) is 7.59. The number of carbonyl (C=O) groups is 1. The average molecular weight is 300 g/mol. The number of nitrogens with zero attached hydrogens (tertiary/aromatic N) is 2. The molecule has 1 aliphatic rings. The maximum absolute atomic E-state index is 11.6. The van der Waals surface area contributed by atoms with Gasteiger partial charge in [-0.05, 0) is 26.2 Å². The zero-order valence-electron chi connectivity index (χ0n) is 13.4. The van der Waals surface area contributed by atoms with Gasteiger partial charge in [-0.15, -0.1) is 0 Å². The van der Waals surface area contributed by atoms with Gasteiger partial charge in [-0.25, -0.2) is 4.79 Å². The van der Waals surface area contributed by atoms with E-state index in [2.05, 4.69) is 15.6 Å². The smallest absolute Gasteiger partial charge is 0.409 e. The standard InChI is InChI=1S/C14H28N4O3/c1-4-21-14(19)18-9-6-12(7-10-18)17-13(15-2)16-8-5-11-20-3/h12H,4-11H2,1-3H3,(H2,15,16,17). The third-order valence-corrected chi connectivity index (χ3v) is 3.40. The van der Waals surface area contributed by atoms with Crippen molar-refractivity contribution >= 4 is 12.1 Å². The number of ether oxygens (including phenoxy) is 2. The molecule has 0 aromatic carbocycles. The van der Waals surface area contributed by atoms with Gasteiger partial charge in [0.25, 0.3) is 0 Å². The first-order chi connectivity index (χ1) is 10.2. The molecule has 0 unspecified atom stereocenters. The van der Waals surface area contributed by atoms with Crippen LogP contribution in [-0.4, -0.2) is 70.0 Å². The summed E-state index contributed by atoms with van der Waals surface area (Å²) in [6, 6.07) is 0.337. The molecule has 0 spiro atoms. The van der Waals surface area contributed by atoms with Crippen LogP contribution >= 0.6 is 0 Å². The molecule has 0 bridgehead atoms. The molecule has 1 aliphatic heterocycles. The average Bonchev–Trinajstić information content (AvgIpc) is 2.51. The number of aliphatic imine (C=N–C) groups is 1. The van der Waals surface area contributed by atoms with Gasteiger partial charge in [0.2, 0.25) is 0 Å². The fourth-order valence-corrected chi connectivity index (χ4v) is 2.23. The minimum Gasteiger partial charge on any atom is -0.450 e. The molecule has 1 saturated heterocycles. The molecule has 0 aromatic rings. The number of rotatable bonds is 6. The molecule has 7 heteroatoms. The van der Waals surface area contributed by atoms with E-state index in [1.54, 1.807) is 19.1 Å². The molecule has 122 valence electrons. The summed E-state index contributed by atoms with van der Waals surface area (Å²) in [6.07, 6.45) is 2.53. The normalized spacial score (nSPS) is 16.7. The maximum Gasteiger partial charge on any atom is 0.409 e. The number of hydrogen-bond acceptors (Lipinski definition) is 4. The number of nitrogens with one attached hydrogen (secondary N) is 2. The van der Waals surface area contributed by atoms with Gasteiger partial charge in [0.15, 0.2) is 5.96 Å². The second-order valence-electron chi connectivity index (χ2n) is 4.95. The fraction of sp³-hybridized carbons (Fsp3) is 0.857. The van der Waals surface area contributed by atoms with E-state index in [4.69, 9.17) is 9.47 Å².